The summed E-state index contributed by atoms with van der Waals surface area (Å²) < 4.78 is 26.9. The normalized spacial score (nSPS) is 11.0. The van der Waals surface area contributed by atoms with Crippen LogP contribution < -0.4 is 0 Å². The van der Waals surface area contributed by atoms with Crippen molar-refractivity contribution < 1.29 is 33.3 Å². The van der Waals surface area contributed by atoms with Crippen LogP contribution in [0.1, 0.15) is 25.0 Å². The molecule has 0 atom stereocenters. The predicted octanol–water partition coefficient (Wildman–Crippen LogP) is 3.30. The van der Waals surface area contributed by atoms with Crippen LogP contribution in [-0.2, 0) is 46.1 Å². The maximum absolute atomic E-state index is 11.9. The Kier molecular flexibility index (Phi) is 11.3. The van der Waals surface area contributed by atoms with Crippen molar-refractivity contribution in [3.63, 3.8) is 0 Å². The van der Waals surface area contributed by atoms with E-state index in [4.69, 9.17) is 23.7 Å². The summed E-state index contributed by atoms with van der Waals surface area (Å²) in [7, 11) is 0. The van der Waals surface area contributed by atoms with Crippen molar-refractivity contribution in [1.29, 1.82) is 0 Å². The van der Waals surface area contributed by atoms with Crippen LogP contribution in [0.2, 0.25) is 0 Å². The van der Waals surface area contributed by atoms with E-state index in [9.17, 15) is 9.59 Å². The maximum Gasteiger partial charge on any atom is 0.310 e. The Hall–Kier alpha value is -2.74. The van der Waals surface area contributed by atoms with E-state index in [1.54, 1.807) is 0 Å². The van der Waals surface area contributed by atoms with Gasteiger partial charge in [-0.15, -0.1) is 0 Å². The number of benzene rings is 2. The zero-order chi connectivity index (χ0) is 22.3. The van der Waals surface area contributed by atoms with Gasteiger partial charge in [0.2, 0.25) is 0 Å². The number of hydrogen-bond donors (Lipinski definition) is 0. The Labute approximate surface area is 183 Å². The Balaban J connectivity index is 1.60. The maximum atomic E-state index is 11.9. The smallest absolute Gasteiger partial charge is 0.310 e. The molecule has 0 spiro atoms. The van der Waals surface area contributed by atoms with Crippen LogP contribution in [0.4, 0.5) is 0 Å². The molecule has 0 aliphatic heterocycles. The summed E-state index contributed by atoms with van der Waals surface area (Å²) in [6.45, 7) is 3.15. The van der Waals surface area contributed by atoms with E-state index in [1.807, 2.05) is 74.5 Å². The van der Waals surface area contributed by atoms with Gasteiger partial charge < -0.3 is 23.7 Å². The number of esters is 2. The van der Waals surface area contributed by atoms with Gasteiger partial charge in [-0.3, -0.25) is 9.59 Å². The molecule has 0 bridgehead atoms. The third-order valence-corrected chi connectivity index (χ3v) is 3.97. The SMILES string of the molecule is CC(C)OC(OCCOC(=O)Cc1ccccc1)OCCOC(=O)Cc1ccccc1. The van der Waals surface area contributed by atoms with Crippen molar-refractivity contribution in [2.75, 3.05) is 26.4 Å². The average Bonchev–Trinajstić information content (AvgIpc) is 2.75. The van der Waals surface area contributed by atoms with E-state index in [0.717, 1.165) is 11.1 Å². The molecular weight excluding hydrogens is 400 g/mol. The molecule has 0 saturated carbocycles. The first kappa shape index (κ1) is 24.5. The number of carbonyl (C=O) groups is 2. The van der Waals surface area contributed by atoms with Gasteiger partial charge in [-0.05, 0) is 25.0 Å². The van der Waals surface area contributed by atoms with Crippen LogP contribution in [0.5, 0.6) is 0 Å². The molecule has 0 amide bonds. The number of ether oxygens (including phenoxy) is 5. The van der Waals surface area contributed by atoms with E-state index in [1.165, 1.54) is 0 Å². The Morgan fingerprint density at radius 3 is 1.48 bits per heavy atom. The third-order valence-electron chi connectivity index (χ3n) is 3.97. The van der Waals surface area contributed by atoms with Gasteiger partial charge in [0.25, 0.3) is 6.48 Å². The lowest BCUT2D eigenvalue weighted by molar-refractivity contribution is -0.304. The molecule has 0 unspecified atom stereocenters. The van der Waals surface area contributed by atoms with Crippen LogP contribution in [-0.4, -0.2) is 50.9 Å². The largest absolute Gasteiger partial charge is 0.463 e. The van der Waals surface area contributed by atoms with Gasteiger partial charge >= 0.3 is 11.9 Å². The first-order chi connectivity index (χ1) is 15.0. The lowest BCUT2D eigenvalue weighted by atomic mass is 10.2. The van der Waals surface area contributed by atoms with Crippen LogP contribution >= 0.6 is 0 Å². The van der Waals surface area contributed by atoms with Gasteiger partial charge in [-0.2, -0.15) is 0 Å². The zero-order valence-corrected chi connectivity index (χ0v) is 18.0. The summed E-state index contributed by atoms with van der Waals surface area (Å²) in [6.07, 6.45) is 0.279. The molecule has 0 heterocycles. The van der Waals surface area contributed by atoms with Crippen molar-refractivity contribution in [2.24, 2.45) is 0 Å². The minimum Gasteiger partial charge on any atom is -0.463 e. The van der Waals surface area contributed by atoms with Gasteiger partial charge in [-0.1, -0.05) is 60.7 Å². The fraction of sp³-hybridized carbons (Fsp3) is 0.417. The summed E-state index contributed by atoms with van der Waals surface area (Å²) in [5, 5.41) is 0. The highest BCUT2D eigenvalue weighted by Crippen LogP contribution is 2.05. The first-order valence-corrected chi connectivity index (χ1v) is 10.3. The topological polar surface area (TPSA) is 80.3 Å². The molecule has 0 aliphatic carbocycles. The molecule has 0 radical (unpaired) electrons. The fourth-order valence-electron chi connectivity index (χ4n) is 2.58. The lowest BCUT2D eigenvalue weighted by Gasteiger charge is -2.21. The van der Waals surface area contributed by atoms with E-state index in [-0.39, 0.29) is 57.3 Å². The molecule has 168 valence electrons. The summed E-state index contributed by atoms with van der Waals surface area (Å²) in [5.74, 6) is -0.662. The number of carbonyl (C=O) groups excluding carboxylic acids is 2. The molecule has 7 heteroatoms. The molecular formula is C24H30O7. The highest BCUT2D eigenvalue weighted by Gasteiger charge is 2.14. The molecule has 2 aromatic rings. The van der Waals surface area contributed by atoms with Crippen molar-refractivity contribution >= 4 is 11.9 Å². The van der Waals surface area contributed by atoms with Crippen LogP contribution in [0.25, 0.3) is 0 Å². The van der Waals surface area contributed by atoms with E-state index >= 15 is 0 Å². The standard InChI is InChI=1S/C24H30O7/c1-19(2)31-24(29-15-13-27-22(25)17-20-9-5-3-6-10-20)30-16-14-28-23(26)18-21-11-7-4-8-12-21/h3-12,19,24H,13-18H2,1-2H3. The minimum absolute atomic E-state index is 0.0824. The molecule has 31 heavy (non-hydrogen) atoms. The second-order valence-electron chi connectivity index (χ2n) is 6.98. The van der Waals surface area contributed by atoms with Crippen LogP contribution in [0, 0.1) is 0 Å². The first-order valence-electron chi connectivity index (χ1n) is 10.3. The highest BCUT2D eigenvalue weighted by molar-refractivity contribution is 5.72. The van der Waals surface area contributed by atoms with E-state index < -0.39 is 6.48 Å². The van der Waals surface area contributed by atoms with Gasteiger partial charge in [-0.25, -0.2) is 0 Å². The summed E-state index contributed by atoms with van der Waals surface area (Å²) in [6, 6.07) is 18.7. The van der Waals surface area contributed by atoms with Crippen molar-refractivity contribution in [2.45, 2.75) is 39.3 Å². The van der Waals surface area contributed by atoms with E-state index in [2.05, 4.69) is 0 Å². The van der Waals surface area contributed by atoms with Crippen molar-refractivity contribution in [1.82, 2.24) is 0 Å². The van der Waals surface area contributed by atoms with Crippen molar-refractivity contribution in [3.8, 4) is 0 Å². The molecule has 0 saturated heterocycles. The Morgan fingerprint density at radius 2 is 1.10 bits per heavy atom. The second-order valence-corrected chi connectivity index (χ2v) is 6.98. The van der Waals surface area contributed by atoms with Crippen molar-refractivity contribution in [3.05, 3.63) is 71.8 Å². The van der Waals surface area contributed by atoms with E-state index in [0.29, 0.717) is 0 Å². The number of hydrogen-bond acceptors (Lipinski definition) is 7. The van der Waals surface area contributed by atoms with Gasteiger partial charge in [0.15, 0.2) is 0 Å². The Bertz CT molecular complexity index is 701. The molecule has 7 nitrogen and oxygen atoms in total. The number of rotatable bonds is 14. The second kappa shape index (κ2) is 14.3. The van der Waals surface area contributed by atoms with Gasteiger partial charge in [0.05, 0.1) is 32.2 Å². The monoisotopic (exact) mass is 430 g/mol. The fourth-order valence-corrected chi connectivity index (χ4v) is 2.58. The third kappa shape index (κ3) is 11.3. The molecule has 0 aliphatic rings. The highest BCUT2D eigenvalue weighted by atomic mass is 16.8. The van der Waals surface area contributed by atoms with Gasteiger partial charge in [0, 0.05) is 0 Å². The molecule has 0 aromatic heterocycles. The quantitative estimate of drug-likeness (QED) is 0.258. The summed E-state index contributed by atoms with van der Waals surface area (Å²) >= 11 is 0. The molecule has 0 N–H and O–H groups in total. The molecule has 2 aromatic carbocycles. The molecule has 0 fully saturated rings. The zero-order valence-electron chi connectivity index (χ0n) is 18.0. The summed E-state index contributed by atoms with van der Waals surface area (Å²) in [5.41, 5.74) is 1.78. The Morgan fingerprint density at radius 1 is 0.677 bits per heavy atom. The van der Waals surface area contributed by atoms with Crippen LogP contribution in [0.3, 0.4) is 0 Å². The predicted molar refractivity (Wildman–Crippen MR) is 114 cm³/mol. The van der Waals surface area contributed by atoms with Crippen LogP contribution in [0.15, 0.2) is 60.7 Å². The van der Waals surface area contributed by atoms with Gasteiger partial charge in [0.1, 0.15) is 13.2 Å². The molecule has 2 rings (SSSR count). The lowest BCUT2D eigenvalue weighted by Crippen LogP contribution is -2.28. The summed E-state index contributed by atoms with van der Waals surface area (Å²) in [4.78, 5) is 23.7. The minimum atomic E-state index is -0.944. The average molecular weight is 430 g/mol.